The van der Waals surface area contributed by atoms with Crippen molar-refractivity contribution in [2.45, 2.75) is 47.1 Å². The van der Waals surface area contributed by atoms with Crippen LogP contribution in [-0.4, -0.2) is 16.5 Å². The van der Waals surface area contributed by atoms with Crippen LogP contribution in [0.3, 0.4) is 0 Å². The van der Waals surface area contributed by atoms with Crippen LogP contribution in [0.1, 0.15) is 49.2 Å². The van der Waals surface area contributed by atoms with Crippen LogP contribution in [0.4, 0.5) is 0 Å². The fourth-order valence-corrected chi connectivity index (χ4v) is 2.39. The molecule has 1 N–H and O–H groups in total. The number of nitrogens with zero attached hydrogens (tertiary/aromatic N) is 2. The summed E-state index contributed by atoms with van der Waals surface area (Å²) in [7, 11) is 0. The van der Waals surface area contributed by atoms with E-state index in [1.54, 1.807) is 0 Å². The summed E-state index contributed by atoms with van der Waals surface area (Å²) in [5.41, 5.74) is 5.76. The molecule has 21 heavy (non-hydrogen) atoms. The highest BCUT2D eigenvalue weighted by atomic mass is 14.9. The minimum Gasteiger partial charge on any atom is -0.313 e. The summed E-state index contributed by atoms with van der Waals surface area (Å²) in [5.74, 6) is 1.37. The standard InChI is InChI=1S/C18H25N3/c1-6-19-11-17-13(4)20-18(21-14(17)5)16-9-7-15(8-10-16)12(2)3/h7-10,12,19H,6,11H2,1-5H3. The maximum atomic E-state index is 4.68. The molecular formula is C18H25N3. The van der Waals surface area contributed by atoms with Crippen LogP contribution < -0.4 is 5.32 Å². The van der Waals surface area contributed by atoms with Crippen molar-refractivity contribution in [3.63, 3.8) is 0 Å². The first kappa shape index (κ1) is 15.6. The minimum absolute atomic E-state index is 0.547. The third-order valence-electron chi connectivity index (χ3n) is 3.81. The van der Waals surface area contributed by atoms with Crippen molar-refractivity contribution >= 4 is 0 Å². The Morgan fingerprint density at radius 2 is 1.57 bits per heavy atom. The third kappa shape index (κ3) is 3.67. The molecule has 3 heteroatoms. The summed E-state index contributed by atoms with van der Waals surface area (Å²) in [6, 6.07) is 8.57. The number of benzene rings is 1. The van der Waals surface area contributed by atoms with Crippen molar-refractivity contribution in [3.8, 4) is 11.4 Å². The second kappa shape index (κ2) is 6.81. The number of aryl methyl sites for hydroxylation is 2. The predicted molar refractivity (Wildman–Crippen MR) is 88.4 cm³/mol. The van der Waals surface area contributed by atoms with Crippen molar-refractivity contribution in [1.29, 1.82) is 0 Å². The summed E-state index contributed by atoms with van der Waals surface area (Å²) in [6.07, 6.45) is 0. The van der Waals surface area contributed by atoms with Crippen LogP contribution in [-0.2, 0) is 6.54 Å². The number of rotatable bonds is 5. The van der Waals surface area contributed by atoms with Crippen molar-refractivity contribution in [2.75, 3.05) is 6.54 Å². The minimum atomic E-state index is 0.547. The van der Waals surface area contributed by atoms with Gasteiger partial charge in [-0.3, -0.25) is 0 Å². The van der Waals surface area contributed by atoms with Crippen LogP contribution in [0.15, 0.2) is 24.3 Å². The third-order valence-corrected chi connectivity index (χ3v) is 3.81. The summed E-state index contributed by atoms with van der Waals surface area (Å²) in [6.45, 7) is 12.4. The monoisotopic (exact) mass is 283 g/mol. The van der Waals surface area contributed by atoms with Gasteiger partial charge in [-0.15, -0.1) is 0 Å². The maximum Gasteiger partial charge on any atom is 0.159 e. The highest BCUT2D eigenvalue weighted by Crippen LogP contribution is 2.22. The van der Waals surface area contributed by atoms with Gasteiger partial charge < -0.3 is 5.32 Å². The molecule has 0 radical (unpaired) electrons. The van der Waals surface area contributed by atoms with Gasteiger partial charge in [-0.05, 0) is 31.9 Å². The Kier molecular flexibility index (Phi) is 5.07. The van der Waals surface area contributed by atoms with Crippen molar-refractivity contribution < 1.29 is 0 Å². The van der Waals surface area contributed by atoms with Crippen LogP contribution in [0.25, 0.3) is 11.4 Å². The Morgan fingerprint density at radius 1 is 1.00 bits per heavy atom. The summed E-state index contributed by atoms with van der Waals surface area (Å²) >= 11 is 0. The average molecular weight is 283 g/mol. The molecule has 0 atom stereocenters. The zero-order chi connectivity index (χ0) is 15.4. The van der Waals surface area contributed by atoms with Gasteiger partial charge in [-0.25, -0.2) is 9.97 Å². The lowest BCUT2D eigenvalue weighted by Gasteiger charge is -2.12. The highest BCUT2D eigenvalue weighted by molar-refractivity contribution is 5.56. The predicted octanol–water partition coefficient (Wildman–Crippen LogP) is 3.99. The Hall–Kier alpha value is -1.74. The molecule has 0 amide bonds. The molecule has 0 unspecified atom stereocenters. The van der Waals surface area contributed by atoms with E-state index in [1.165, 1.54) is 11.1 Å². The van der Waals surface area contributed by atoms with Gasteiger partial charge in [0.05, 0.1) is 0 Å². The Morgan fingerprint density at radius 3 is 2.05 bits per heavy atom. The summed E-state index contributed by atoms with van der Waals surface area (Å²) in [4.78, 5) is 9.36. The van der Waals surface area contributed by atoms with Crippen molar-refractivity contribution in [2.24, 2.45) is 0 Å². The first-order chi connectivity index (χ1) is 10.0. The average Bonchev–Trinajstić information content (AvgIpc) is 2.46. The first-order valence-corrected chi connectivity index (χ1v) is 7.68. The topological polar surface area (TPSA) is 37.8 Å². The molecule has 2 aromatic rings. The maximum absolute atomic E-state index is 4.68. The van der Waals surface area contributed by atoms with Gasteiger partial charge in [0.2, 0.25) is 0 Å². The highest BCUT2D eigenvalue weighted by Gasteiger charge is 2.10. The van der Waals surface area contributed by atoms with Crippen LogP contribution in [0, 0.1) is 13.8 Å². The molecule has 2 rings (SSSR count). The number of nitrogens with one attached hydrogen (secondary N) is 1. The van der Waals surface area contributed by atoms with Crippen LogP contribution in [0.2, 0.25) is 0 Å². The Bertz CT molecular complexity index is 577. The SMILES string of the molecule is CCNCc1c(C)nc(-c2ccc(C(C)C)cc2)nc1C. The Labute approximate surface area is 127 Å². The number of hydrogen-bond acceptors (Lipinski definition) is 3. The second-order valence-corrected chi connectivity index (χ2v) is 5.75. The van der Waals surface area contributed by atoms with Crippen LogP contribution >= 0.6 is 0 Å². The molecule has 0 aliphatic carbocycles. The molecule has 112 valence electrons. The van der Waals surface area contributed by atoms with E-state index in [9.17, 15) is 0 Å². The summed E-state index contributed by atoms with van der Waals surface area (Å²) < 4.78 is 0. The van der Waals surface area contributed by atoms with E-state index in [0.29, 0.717) is 5.92 Å². The molecule has 0 saturated carbocycles. The molecule has 1 heterocycles. The van der Waals surface area contributed by atoms with Gasteiger partial charge in [0, 0.05) is 29.1 Å². The molecule has 0 saturated heterocycles. The van der Waals surface area contributed by atoms with Gasteiger partial charge in [-0.2, -0.15) is 0 Å². The van der Waals surface area contributed by atoms with Gasteiger partial charge in [0.15, 0.2) is 5.82 Å². The molecule has 3 nitrogen and oxygen atoms in total. The largest absolute Gasteiger partial charge is 0.313 e. The first-order valence-electron chi connectivity index (χ1n) is 7.68. The molecular weight excluding hydrogens is 258 g/mol. The molecule has 0 fully saturated rings. The fraction of sp³-hybridized carbons (Fsp3) is 0.444. The quantitative estimate of drug-likeness (QED) is 0.901. The lowest BCUT2D eigenvalue weighted by molar-refractivity contribution is 0.711. The van der Waals surface area contributed by atoms with Gasteiger partial charge in [-0.1, -0.05) is 45.0 Å². The molecule has 0 spiro atoms. The lowest BCUT2D eigenvalue weighted by Crippen LogP contribution is -2.15. The van der Waals surface area contributed by atoms with E-state index in [-0.39, 0.29) is 0 Å². The van der Waals surface area contributed by atoms with Gasteiger partial charge in [0.25, 0.3) is 0 Å². The van der Waals surface area contributed by atoms with Crippen molar-refractivity contribution in [1.82, 2.24) is 15.3 Å². The fourth-order valence-electron chi connectivity index (χ4n) is 2.39. The van der Waals surface area contributed by atoms with E-state index in [4.69, 9.17) is 0 Å². The van der Waals surface area contributed by atoms with Crippen LogP contribution in [0.5, 0.6) is 0 Å². The molecule has 1 aromatic heterocycles. The summed E-state index contributed by atoms with van der Waals surface area (Å²) in [5, 5.41) is 3.35. The second-order valence-electron chi connectivity index (χ2n) is 5.75. The normalized spacial score (nSPS) is 11.1. The van der Waals surface area contributed by atoms with Gasteiger partial charge >= 0.3 is 0 Å². The van der Waals surface area contributed by atoms with Gasteiger partial charge in [0.1, 0.15) is 0 Å². The molecule has 0 bridgehead atoms. The number of aromatic nitrogens is 2. The smallest absolute Gasteiger partial charge is 0.159 e. The van der Waals surface area contributed by atoms with E-state index in [0.717, 1.165) is 35.9 Å². The number of hydrogen-bond donors (Lipinski definition) is 1. The molecule has 0 aliphatic rings. The lowest BCUT2D eigenvalue weighted by atomic mass is 10.0. The van der Waals surface area contributed by atoms with E-state index < -0.39 is 0 Å². The van der Waals surface area contributed by atoms with E-state index in [1.807, 2.05) is 0 Å². The van der Waals surface area contributed by atoms with Crippen molar-refractivity contribution in [3.05, 3.63) is 46.8 Å². The zero-order valence-corrected chi connectivity index (χ0v) is 13.7. The Balaban J connectivity index is 2.32. The van der Waals surface area contributed by atoms with E-state index >= 15 is 0 Å². The zero-order valence-electron chi connectivity index (χ0n) is 13.7. The molecule has 0 aliphatic heterocycles. The molecule has 1 aromatic carbocycles. The van der Waals surface area contributed by atoms with E-state index in [2.05, 4.69) is 74.2 Å².